The van der Waals surface area contributed by atoms with Gasteiger partial charge in [0.15, 0.2) is 11.6 Å². The molecule has 4 heterocycles. The maximum atomic E-state index is 12.9. The van der Waals surface area contributed by atoms with Crippen LogP contribution in [0.25, 0.3) is 0 Å². The maximum absolute atomic E-state index is 12.9. The van der Waals surface area contributed by atoms with Gasteiger partial charge in [0, 0.05) is 38.7 Å². The summed E-state index contributed by atoms with van der Waals surface area (Å²) < 4.78 is 11.5. The van der Waals surface area contributed by atoms with E-state index in [0.717, 1.165) is 31.1 Å². The second kappa shape index (κ2) is 7.58. The minimum Gasteiger partial charge on any atom is -0.485 e. The van der Waals surface area contributed by atoms with Crippen LogP contribution in [0.5, 0.6) is 5.75 Å². The van der Waals surface area contributed by atoms with E-state index in [2.05, 4.69) is 15.0 Å². The Morgan fingerprint density at radius 1 is 1.33 bits per heavy atom. The fourth-order valence-corrected chi connectivity index (χ4v) is 3.92. The molecular weight excluding hydrogens is 344 g/mol. The second-order valence-corrected chi connectivity index (χ2v) is 7.22. The van der Waals surface area contributed by atoms with Crippen LogP contribution in [-0.4, -0.2) is 53.2 Å². The summed E-state index contributed by atoms with van der Waals surface area (Å²) in [4.78, 5) is 21.6. The van der Waals surface area contributed by atoms with Gasteiger partial charge in [-0.3, -0.25) is 4.79 Å². The van der Waals surface area contributed by atoms with Crippen LogP contribution >= 0.6 is 0 Å². The van der Waals surface area contributed by atoms with Crippen molar-refractivity contribution in [3.05, 3.63) is 35.3 Å². The molecule has 0 N–H and O–H groups in total. The van der Waals surface area contributed by atoms with Gasteiger partial charge in [0.1, 0.15) is 17.4 Å². The summed E-state index contributed by atoms with van der Waals surface area (Å²) in [7, 11) is 0. The first-order valence-corrected chi connectivity index (χ1v) is 9.78. The number of hydrogen-bond acceptors (Lipinski definition) is 6. The van der Waals surface area contributed by atoms with Crippen molar-refractivity contribution in [3.63, 3.8) is 0 Å². The Kier molecular flexibility index (Phi) is 5.01. The van der Waals surface area contributed by atoms with Gasteiger partial charge >= 0.3 is 0 Å². The average Bonchev–Trinajstić information content (AvgIpc) is 3.42. The van der Waals surface area contributed by atoms with E-state index in [4.69, 9.17) is 9.26 Å². The van der Waals surface area contributed by atoms with Crippen LogP contribution < -0.4 is 9.64 Å². The summed E-state index contributed by atoms with van der Waals surface area (Å²) in [6.07, 6.45) is 5.64. The normalized spacial score (nSPS) is 19.7. The molecule has 1 unspecified atom stereocenters. The van der Waals surface area contributed by atoms with E-state index < -0.39 is 0 Å². The number of aromatic nitrogens is 2. The lowest BCUT2D eigenvalue weighted by molar-refractivity contribution is 0.0769. The summed E-state index contributed by atoms with van der Waals surface area (Å²) in [6.45, 7) is 7.08. The summed E-state index contributed by atoms with van der Waals surface area (Å²) in [5, 5.41) is 3.95. The average molecular weight is 370 g/mol. The molecule has 1 atom stereocenters. The Bertz CT molecular complexity index is 813. The van der Waals surface area contributed by atoms with Crippen LogP contribution in [0.1, 0.15) is 48.0 Å². The number of aryl methyl sites for hydroxylation is 2. The molecule has 7 heteroatoms. The molecule has 144 valence electrons. The third-order valence-electron chi connectivity index (χ3n) is 5.35. The van der Waals surface area contributed by atoms with Crippen LogP contribution in [0.3, 0.4) is 0 Å². The van der Waals surface area contributed by atoms with E-state index in [9.17, 15) is 4.79 Å². The zero-order valence-corrected chi connectivity index (χ0v) is 16.0. The van der Waals surface area contributed by atoms with Crippen LogP contribution in [0, 0.1) is 6.92 Å². The van der Waals surface area contributed by atoms with E-state index in [1.54, 1.807) is 0 Å². The molecule has 7 nitrogen and oxygen atoms in total. The molecule has 0 aliphatic carbocycles. The van der Waals surface area contributed by atoms with Gasteiger partial charge in [-0.25, -0.2) is 4.98 Å². The van der Waals surface area contributed by atoms with Gasteiger partial charge in [-0.15, -0.1) is 0 Å². The molecule has 0 saturated carbocycles. The van der Waals surface area contributed by atoms with Gasteiger partial charge in [0.2, 0.25) is 0 Å². The Morgan fingerprint density at radius 3 is 2.93 bits per heavy atom. The molecule has 2 aliphatic heterocycles. The van der Waals surface area contributed by atoms with Crippen LogP contribution in [0.4, 0.5) is 5.82 Å². The number of nitrogens with zero attached hydrogens (tertiary/aromatic N) is 4. The first-order valence-electron chi connectivity index (χ1n) is 9.78. The lowest BCUT2D eigenvalue weighted by atomic mass is 10.1. The molecule has 0 aromatic carbocycles. The van der Waals surface area contributed by atoms with Gasteiger partial charge in [0.25, 0.3) is 5.91 Å². The number of likely N-dealkylation sites (tertiary alicyclic amines) is 1. The molecule has 4 rings (SSSR count). The van der Waals surface area contributed by atoms with Gasteiger partial charge in [-0.2, -0.15) is 0 Å². The quantitative estimate of drug-likeness (QED) is 0.806. The van der Waals surface area contributed by atoms with Crippen molar-refractivity contribution in [2.24, 2.45) is 0 Å². The van der Waals surface area contributed by atoms with Crippen molar-refractivity contribution in [2.45, 2.75) is 45.6 Å². The van der Waals surface area contributed by atoms with E-state index in [1.165, 1.54) is 12.8 Å². The third-order valence-corrected chi connectivity index (χ3v) is 5.35. The molecule has 0 radical (unpaired) electrons. The minimum atomic E-state index is -0.0234. The van der Waals surface area contributed by atoms with Crippen molar-refractivity contribution in [2.75, 3.05) is 31.1 Å². The van der Waals surface area contributed by atoms with Crippen molar-refractivity contribution in [1.29, 1.82) is 0 Å². The summed E-state index contributed by atoms with van der Waals surface area (Å²) in [6, 6.07) is 3.88. The van der Waals surface area contributed by atoms with E-state index in [1.807, 2.05) is 37.1 Å². The molecule has 2 aromatic heterocycles. The maximum Gasteiger partial charge on any atom is 0.259 e. The third kappa shape index (κ3) is 3.50. The van der Waals surface area contributed by atoms with E-state index in [-0.39, 0.29) is 12.0 Å². The van der Waals surface area contributed by atoms with Gasteiger partial charge in [-0.1, -0.05) is 12.1 Å². The van der Waals surface area contributed by atoms with Gasteiger partial charge in [-0.05, 0) is 31.9 Å². The van der Waals surface area contributed by atoms with Crippen LogP contribution in [0.15, 0.2) is 22.9 Å². The lowest BCUT2D eigenvalue weighted by Gasteiger charge is -2.22. The number of carbonyl (C=O) groups is 1. The summed E-state index contributed by atoms with van der Waals surface area (Å²) in [5.41, 5.74) is 1.27. The largest absolute Gasteiger partial charge is 0.485 e. The number of carbonyl (C=O) groups excluding carboxylic acids is 1. The van der Waals surface area contributed by atoms with E-state index in [0.29, 0.717) is 36.5 Å². The predicted octanol–water partition coefficient (Wildman–Crippen LogP) is 2.83. The Balaban J connectivity index is 1.45. The number of ether oxygens (including phenoxy) is 1. The zero-order chi connectivity index (χ0) is 18.8. The molecule has 2 fully saturated rings. The number of amides is 1. The molecule has 2 aromatic rings. The fourth-order valence-electron chi connectivity index (χ4n) is 3.92. The highest BCUT2D eigenvalue weighted by molar-refractivity contribution is 5.96. The Labute approximate surface area is 159 Å². The summed E-state index contributed by atoms with van der Waals surface area (Å²) >= 11 is 0. The van der Waals surface area contributed by atoms with Gasteiger partial charge < -0.3 is 19.1 Å². The molecular formula is C20H26N4O3. The van der Waals surface area contributed by atoms with Gasteiger partial charge in [0.05, 0.1) is 12.2 Å². The number of anilines is 1. The van der Waals surface area contributed by atoms with Crippen molar-refractivity contribution < 1.29 is 14.1 Å². The molecule has 1 amide bonds. The molecule has 27 heavy (non-hydrogen) atoms. The van der Waals surface area contributed by atoms with Crippen LogP contribution in [0.2, 0.25) is 0 Å². The highest BCUT2D eigenvalue weighted by atomic mass is 16.5. The molecule has 2 aliphatic rings. The molecule has 0 spiro atoms. The van der Waals surface area contributed by atoms with Crippen LogP contribution in [-0.2, 0) is 6.42 Å². The van der Waals surface area contributed by atoms with Crippen molar-refractivity contribution in [1.82, 2.24) is 15.0 Å². The highest BCUT2D eigenvalue weighted by Gasteiger charge is 2.32. The first kappa shape index (κ1) is 17.8. The monoisotopic (exact) mass is 370 g/mol. The lowest BCUT2D eigenvalue weighted by Crippen LogP contribution is -2.32. The standard InChI is InChI=1S/C20H26N4O3/c1-3-16-18(14(2)22-27-16)20(25)24-12-8-15(13-24)26-17-7-6-9-21-19(17)23-10-4-5-11-23/h6-7,9,15H,3-5,8,10-13H2,1-2H3. The minimum absolute atomic E-state index is 0.0114. The number of hydrogen-bond donors (Lipinski definition) is 0. The zero-order valence-electron chi connectivity index (χ0n) is 16.0. The first-order chi connectivity index (χ1) is 13.2. The second-order valence-electron chi connectivity index (χ2n) is 7.22. The van der Waals surface area contributed by atoms with E-state index >= 15 is 0 Å². The Hall–Kier alpha value is -2.57. The number of pyridine rings is 1. The summed E-state index contributed by atoms with van der Waals surface area (Å²) in [5.74, 6) is 2.38. The smallest absolute Gasteiger partial charge is 0.259 e. The topological polar surface area (TPSA) is 71.7 Å². The number of rotatable bonds is 5. The molecule has 0 bridgehead atoms. The predicted molar refractivity (Wildman–Crippen MR) is 101 cm³/mol. The Morgan fingerprint density at radius 2 is 2.15 bits per heavy atom. The SMILES string of the molecule is CCc1onc(C)c1C(=O)N1CCC(Oc2cccnc2N2CCCC2)C1. The molecule has 2 saturated heterocycles. The highest BCUT2D eigenvalue weighted by Crippen LogP contribution is 2.30. The fraction of sp³-hybridized carbons (Fsp3) is 0.550. The van der Waals surface area contributed by atoms with Crippen molar-refractivity contribution >= 4 is 11.7 Å². The van der Waals surface area contributed by atoms with Crippen molar-refractivity contribution in [3.8, 4) is 5.75 Å².